The molecule has 0 aliphatic carbocycles. The molecule has 4 nitrogen and oxygen atoms in total. The molecule has 1 amide bonds. The van der Waals surface area contributed by atoms with E-state index in [0.29, 0.717) is 18.4 Å². The number of hydrogen-bond donors (Lipinski definition) is 3. The van der Waals surface area contributed by atoms with Crippen molar-refractivity contribution < 1.29 is 9.90 Å². The third-order valence-electron chi connectivity index (χ3n) is 3.41. The van der Waals surface area contributed by atoms with Crippen molar-refractivity contribution in [1.82, 2.24) is 10.6 Å². The van der Waals surface area contributed by atoms with Crippen molar-refractivity contribution in [1.29, 1.82) is 0 Å². The summed E-state index contributed by atoms with van der Waals surface area (Å²) >= 11 is 0. The van der Waals surface area contributed by atoms with Crippen LogP contribution in [0.15, 0.2) is 0 Å². The third-order valence-corrected chi connectivity index (χ3v) is 3.41. The first-order valence-corrected chi connectivity index (χ1v) is 6.87. The Hall–Kier alpha value is -0.610. The Morgan fingerprint density at radius 2 is 2.35 bits per heavy atom. The maximum Gasteiger partial charge on any atom is 0.221 e. The molecule has 0 aromatic rings. The van der Waals surface area contributed by atoms with E-state index in [1.807, 2.05) is 0 Å². The molecule has 0 spiro atoms. The molecule has 100 valence electrons. The van der Waals surface area contributed by atoms with E-state index >= 15 is 0 Å². The molecule has 2 unspecified atom stereocenters. The van der Waals surface area contributed by atoms with Gasteiger partial charge in [-0.15, -0.1) is 0 Å². The largest absolute Gasteiger partial charge is 0.396 e. The maximum atomic E-state index is 11.4. The molecule has 1 fully saturated rings. The van der Waals surface area contributed by atoms with Crippen molar-refractivity contribution in [2.75, 3.05) is 19.7 Å². The topological polar surface area (TPSA) is 61.4 Å². The first-order valence-electron chi connectivity index (χ1n) is 6.87. The molecular formula is C13H26N2O2. The minimum absolute atomic E-state index is 0.161. The number of carbonyl (C=O) groups excluding carboxylic acids is 1. The SMILES string of the molecule is CCCC(CCO)CNC1CCCNC(=O)C1. The van der Waals surface area contributed by atoms with Crippen LogP contribution in [0.4, 0.5) is 0 Å². The molecule has 17 heavy (non-hydrogen) atoms. The van der Waals surface area contributed by atoms with Gasteiger partial charge in [0.25, 0.3) is 0 Å². The summed E-state index contributed by atoms with van der Waals surface area (Å²) in [4.78, 5) is 11.4. The van der Waals surface area contributed by atoms with Gasteiger partial charge in [-0.2, -0.15) is 0 Å². The molecule has 1 heterocycles. The molecule has 1 aliphatic heterocycles. The summed E-state index contributed by atoms with van der Waals surface area (Å²) in [6, 6.07) is 0.315. The zero-order valence-electron chi connectivity index (χ0n) is 10.9. The Balaban J connectivity index is 2.28. The molecule has 0 radical (unpaired) electrons. The molecule has 1 saturated heterocycles. The van der Waals surface area contributed by atoms with Crippen LogP contribution in [0.25, 0.3) is 0 Å². The number of hydrogen-bond acceptors (Lipinski definition) is 3. The van der Waals surface area contributed by atoms with Gasteiger partial charge in [0.2, 0.25) is 5.91 Å². The van der Waals surface area contributed by atoms with E-state index < -0.39 is 0 Å². The lowest BCUT2D eigenvalue weighted by atomic mass is 9.99. The van der Waals surface area contributed by atoms with Crippen molar-refractivity contribution in [3.05, 3.63) is 0 Å². The highest BCUT2D eigenvalue weighted by Gasteiger charge is 2.18. The predicted molar refractivity (Wildman–Crippen MR) is 68.8 cm³/mol. The zero-order chi connectivity index (χ0) is 12.5. The zero-order valence-corrected chi connectivity index (χ0v) is 10.9. The lowest BCUT2D eigenvalue weighted by Crippen LogP contribution is -2.36. The first kappa shape index (κ1) is 14.5. The van der Waals surface area contributed by atoms with E-state index in [9.17, 15) is 4.79 Å². The maximum absolute atomic E-state index is 11.4. The van der Waals surface area contributed by atoms with E-state index in [0.717, 1.165) is 45.2 Å². The van der Waals surface area contributed by atoms with Gasteiger partial charge in [-0.05, 0) is 38.1 Å². The summed E-state index contributed by atoms with van der Waals surface area (Å²) in [6.45, 7) is 4.17. The van der Waals surface area contributed by atoms with Gasteiger partial charge in [0, 0.05) is 25.6 Å². The van der Waals surface area contributed by atoms with E-state index in [2.05, 4.69) is 17.6 Å². The Labute approximate surface area is 104 Å². The molecule has 3 N–H and O–H groups in total. The van der Waals surface area contributed by atoms with Crippen molar-refractivity contribution in [2.24, 2.45) is 5.92 Å². The quantitative estimate of drug-likeness (QED) is 0.625. The second kappa shape index (κ2) is 8.48. The lowest BCUT2D eigenvalue weighted by Gasteiger charge is -2.20. The van der Waals surface area contributed by atoms with Crippen LogP contribution in [0, 0.1) is 5.92 Å². The molecule has 1 rings (SSSR count). The van der Waals surface area contributed by atoms with Crippen LogP contribution < -0.4 is 10.6 Å². The normalized spacial score (nSPS) is 22.9. The Kier molecular flexibility index (Phi) is 7.21. The molecule has 1 aliphatic rings. The van der Waals surface area contributed by atoms with Gasteiger partial charge in [-0.3, -0.25) is 4.79 Å². The van der Waals surface area contributed by atoms with E-state index in [4.69, 9.17) is 5.11 Å². The molecule has 0 bridgehead atoms. The standard InChI is InChI=1S/C13H26N2O2/c1-2-4-11(6-8-16)10-15-12-5-3-7-14-13(17)9-12/h11-12,15-16H,2-10H2,1H3,(H,14,17). The van der Waals surface area contributed by atoms with Crippen molar-refractivity contribution in [2.45, 2.75) is 51.5 Å². The monoisotopic (exact) mass is 242 g/mol. The smallest absolute Gasteiger partial charge is 0.221 e. The van der Waals surface area contributed by atoms with Gasteiger partial charge in [0.1, 0.15) is 0 Å². The summed E-state index contributed by atoms with van der Waals surface area (Å²) in [5.41, 5.74) is 0. The average molecular weight is 242 g/mol. The molecule has 0 aromatic heterocycles. The summed E-state index contributed by atoms with van der Waals surface area (Å²) < 4.78 is 0. The fraction of sp³-hybridized carbons (Fsp3) is 0.923. The number of aliphatic hydroxyl groups excluding tert-OH is 1. The number of rotatable bonds is 7. The highest BCUT2D eigenvalue weighted by molar-refractivity contribution is 5.76. The summed E-state index contributed by atoms with van der Waals surface area (Å²) in [5, 5.41) is 15.4. The van der Waals surface area contributed by atoms with Gasteiger partial charge in [-0.25, -0.2) is 0 Å². The highest BCUT2D eigenvalue weighted by atomic mass is 16.3. The van der Waals surface area contributed by atoms with Crippen LogP contribution in [-0.2, 0) is 4.79 Å². The first-order chi connectivity index (χ1) is 8.26. The minimum Gasteiger partial charge on any atom is -0.396 e. The Morgan fingerprint density at radius 1 is 1.53 bits per heavy atom. The van der Waals surface area contributed by atoms with Gasteiger partial charge in [0.15, 0.2) is 0 Å². The second-order valence-electron chi connectivity index (χ2n) is 4.97. The molecule has 4 heteroatoms. The molecule has 0 saturated carbocycles. The predicted octanol–water partition coefficient (Wildman–Crippen LogP) is 1.04. The Bertz CT molecular complexity index is 215. The number of aliphatic hydroxyl groups is 1. The lowest BCUT2D eigenvalue weighted by molar-refractivity contribution is -0.121. The van der Waals surface area contributed by atoms with Crippen LogP contribution in [0.5, 0.6) is 0 Å². The van der Waals surface area contributed by atoms with Gasteiger partial charge in [0.05, 0.1) is 0 Å². The Morgan fingerprint density at radius 3 is 3.06 bits per heavy atom. The molecule has 0 aromatic carbocycles. The van der Waals surface area contributed by atoms with Crippen LogP contribution in [-0.4, -0.2) is 36.8 Å². The van der Waals surface area contributed by atoms with Gasteiger partial charge in [-0.1, -0.05) is 13.3 Å². The van der Waals surface area contributed by atoms with Crippen LogP contribution in [0.1, 0.15) is 45.4 Å². The summed E-state index contributed by atoms with van der Waals surface area (Å²) in [5.74, 6) is 0.700. The van der Waals surface area contributed by atoms with E-state index in [-0.39, 0.29) is 12.5 Å². The third kappa shape index (κ3) is 6.03. The number of nitrogens with one attached hydrogen (secondary N) is 2. The van der Waals surface area contributed by atoms with Crippen LogP contribution in [0.3, 0.4) is 0 Å². The fourth-order valence-corrected chi connectivity index (χ4v) is 2.42. The van der Waals surface area contributed by atoms with Crippen molar-refractivity contribution >= 4 is 5.91 Å². The van der Waals surface area contributed by atoms with Crippen LogP contribution in [0.2, 0.25) is 0 Å². The van der Waals surface area contributed by atoms with E-state index in [1.165, 1.54) is 0 Å². The second-order valence-corrected chi connectivity index (χ2v) is 4.97. The summed E-state index contributed by atoms with van der Waals surface area (Å²) in [6.07, 6.45) is 5.88. The average Bonchev–Trinajstić information content (AvgIpc) is 2.51. The van der Waals surface area contributed by atoms with Gasteiger partial charge >= 0.3 is 0 Å². The fourth-order valence-electron chi connectivity index (χ4n) is 2.42. The minimum atomic E-state index is 0.161. The molecule has 2 atom stereocenters. The summed E-state index contributed by atoms with van der Waals surface area (Å²) in [7, 11) is 0. The number of carbonyl (C=O) groups is 1. The number of amides is 1. The van der Waals surface area contributed by atoms with Crippen LogP contribution >= 0.6 is 0 Å². The highest BCUT2D eigenvalue weighted by Crippen LogP contribution is 2.12. The van der Waals surface area contributed by atoms with E-state index in [1.54, 1.807) is 0 Å². The molecular weight excluding hydrogens is 216 g/mol. The van der Waals surface area contributed by atoms with Crippen molar-refractivity contribution in [3.63, 3.8) is 0 Å². The van der Waals surface area contributed by atoms with Gasteiger partial charge < -0.3 is 15.7 Å². The van der Waals surface area contributed by atoms with Crippen molar-refractivity contribution in [3.8, 4) is 0 Å².